The van der Waals surface area contributed by atoms with E-state index in [1.165, 1.54) is 5.56 Å². The molecule has 1 aromatic rings. The normalized spacial score (nSPS) is 20.1. The fourth-order valence-corrected chi connectivity index (χ4v) is 2.57. The molecule has 1 heterocycles. The summed E-state index contributed by atoms with van der Waals surface area (Å²) in [5, 5.41) is 3.00. The van der Waals surface area contributed by atoms with E-state index in [4.69, 9.17) is 5.73 Å². The zero-order valence-corrected chi connectivity index (χ0v) is 11.6. The number of benzene rings is 1. The van der Waals surface area contributed by atoms with Crippen molar-refractivity contribution >= 4 is 11.6 Å². The SMILES string of the molecule is CCN(Cc1ccc(N)cc1)C1CCCCNC1=O. The molecule has 0 aliphatic carbocycles. The number of anilines is 1. The Kier molecular flexibility index (Phi) is 4.80. The highest BCUT2D eigenvalue weighted by atomic mass is 16.2. The monoisotopic (exact) mass is 261 g/mol. The zero-order chi connectivity index (χ0) is 13.7. The first-order valence-corrected chi connectivity index (χ1v) is 7.07. The van der Waals surface area contributed by atoms with Crippen LogP contribution in [0.5, 0.6) is 0 Å². The number of hydrogen-bond donors (Lipinski definition) is 2. The lowest BCUT2D eigenvalue weighted by Crippen LogP contribution is -2.45. The highest BCUT2D eigenvalue weighted by Gasteiger charge is 2.26. The van der Waals surface area contributed by atoms with Crippen molar-refractivity contribution in [2.45, 2.75) is 38.8 Å². The fourth-order valence-electron chi connectivity index (χ4n) is 2.57. The lowest BCUT2D eigenvalue weighted by Gasteiger charge is -2.28. The molecule has 0 radical (unpaired) electrons. The summed E-state index contributed by atoms with van der Waals surface area (Å²) in [5.41, 5.74) is 7.68. The number of nitrogens with zero attached hydrogens (tertiary/aromatic N) is 1. The first kappa shape index (κ1) is 13.9. The van der Waals surface area contributed by atoms with Crippen LogP contribution in [0.4, 0.5) is 5.69 Å². The molecule has 1 unspecified atom stereocenters. The maximum absolute atomic E-state index is 12.1. The van der Waals surface area contributed by atoms with E-state index >= 15 is 0 Å². The zero-order valence-electron chi connectivity index (χ0n) is 11.6. The van der Waals surface area contributed by atoms with Crippen LogP contribution in [0.3, 0.4) is 0 Å². The number of carbonyl (C=O) groups is 1. The van der Waals surface area contributed by atoms with Gasteiger partial charge in [0.05, 0.1) is 6.04 Å². The van der Waals surface area contributed by atoms with Crippen molar-refractivity contribution in [2.75, 3.05) is 18.8 Å². The maximum atomic E-state index is 12.1. The van der Waals surface area contributed by atoms with E-state index < -0.39 is 0 Å². The summed E-state index contributed by atoms with van der Waals surface area (Å²) in [6, 6.07) is 7.90. The van der Waals surface area contributed by atoms with Gasteiger partial charge in [-0.3, -0.25) is 9.69 Å². The van der Waals surface area contributed by atoms with Crippen LogP contribution in [0.2, 0.25) is 0 Å². The number of likely N-dealkylation sites (N-methyl/N-ethyl adjacent to an activating group) is 1. The van der Waals surface area contributed by atoms with Gasteiger partial charge in [-0.05, 0) is 43.5 Å². The van der Waals surface area contributed by atoms with Crippen LogP contribution >= 0.6 is 0 Å². The minimum atomic E-state index is 0.00468. The molecule has 1 atom stereocenters. The van der Waals surface area contributed by atoms with Crippen molar-refractivity contribution in [3.05, 3.63) is 29.8 Å². The van der Waals surface area contributed by atoms with Crippen LogP contribution in [-0.4, -0.2) is 29.9 Å². The van der Waals surface area contributed by atoms with E-state index in [1.54, 1.807) is 0 Å². The van der Waals surface area contributed by atoms with E-state index in [-0.39, 0.29) is 11.9 Å². The molecule has 2 rings (SSSR count). The van der Waals surface area contributed by atoms with Crippen LogP contribution in [0.1, 0.15) is 31.7 Å². The molecule has 3 N–H and O–H groups in total. The van der Waals surface area contributed by atoms with E-state index in [1.807, 2.05) is 24.3 Å². The topological polar surface area (TPSA) is 58.4 Å². The molecule has 0 bridgehead atoms. The first-order valence-electron chi connectivity index (χ1n) is 7.07. The number of carbonyl (C=O) groups excluding carboxylic acids is 1. The second-order valence-corrected chi connectivity index (χ2v) is 5.11. The van der Waals surface area contributed by atoms with E-state index in [0.29, 0.717) is 0 Å². The standard InChI is InChI=1S/C15H23N3O/c1-2-18(11-12-6-8-13(16)9-7-12)14-5-3-4-10-17-15(14)19/h6-9,14H,2-5,10-11,16H2,1H3,(H,17,19). The highest BCUT2D eigenvalue weighted by Crippen LogP contribution is 2.16. The first-order chi connectivity index (χ1) is 9.20. The molecule has 104 valence electrons. The molecule has 1 aliphatic rings. The van der Waals surface area contributed by atoms with Crippen molar-refractivity contribution in [3.63, 3.8) is 0 Å². The molecule has 1 aliphatic heterocycles. The summed E-state index contributed by atoms with van der Waals surface area (Å²) >= 11 is 0. The number of rotatable bonds is 4. The van der Waals surface area contributed by atoms with E-state index in [0.717, 1.165) is 44.6 Å². The Morgan fingerprint density at radius 2 is 2.05 bits per heavy atom. The average molecular weight is 261 g/mol. The van der Waals surface area contributed by atoms with E-state index in [9.17, 15) is 4.79 Å². The second-order valence-electron chi connectivity index (χ2n) is 5.11. The summed E-state index contributed by atoms with van der Waals surface area (Å²) in [5.74, 6) is 0.176. The molecule has 0 spiro atoms. The van der Waals surface area contributed by atoms with Gasteiger partial charge >= 0.3 is 0 Å². The van der Waals surface area contributed by atoms with Crippen molar-refractivity contribution in [3.8, 4) is 0 Å². The highest BCUT2D eigenvalue weighted by molar-refractivity contribution is 5.81. The molecule has 1 saturated heterocycles. The minimum absolute atomic E-state index is 0.00468. The van der Waals surface area contributed by atoms with Crippen LogP contribution < -0.4 is 11.1 Å². The number of nitrogen functional groups attached to an aromatic ring is 1. The summed E-state index contributed by atoms with van der Waals surface area (Å²) in [4.78, 5) is 14.3. The molecular weight excluding hydrogens is 238 g/mol. The van der Waals surface area contributed by atoms with Gasteiger partial charge in [0.2, 0.25) is 5.91 Å². The molecule has 4 heteroatoms. The van der Waals surface area contributed by atoms with Crippen LogP contribution in [-0.2, 0) is 11.3 Å². The number of nitrogens with two attached hydrogens (primary N) is 1. The summed E-state index contributed by atoms with van der Waals surface area (Å²) < 4.78 is 0. The van der Waals surface area contributed by atoms with Gasteiger partial charge in [0.15, 0.2) is 0 Å². The van der Waals surface area contributed by atoms with E-state index in [2.05, 4.69) is 17.1 Å². The van der Waals surface area contributed by atoms with Gasteiger partial charge in [-0.25, -0.2) is 0 Å². The molecule has 1 fully saturated rings. The molecule has 4 nitrogen and oxygen atoms in total. The van der Waals surface area contributed by atoms with Crippen LogP contribution in [0, 0.1) is 0 Å². The summed E-state index contributed by atoms with van der Waals surface area (Å²) in [7, 11) is 0. The largest absolute Gasteiger partial charge is 0.399 e. The van der Waals surface area contributed by atoms with Crippen molar-refractivity contribution in [1.82, 2.24) is 10.2 Å². The van der Waals surface area contributed by atoms with Gasteiger partial charge in [-0.15, -0.1) is 0 Å². The lowest BCUT2D eigenvalue weighted by molar-refractivity contribution is -0.126. The third-order valence-corrected chi connectivity index (χ3v) is 3.72. The smallest absolute Gasteiger partial charge is 0.237 e. The Morgan fingerprint density at radius 1 is 1.32 bits per heavy atom. The molecule has 0 aromatic heterocycles. The summed E-state index contributed by atoms with van der Waals surface area (Å²) in [6.07, 6.45) is 3.15. The predicted molar refractivity (Wildman–Crippen MR) is 77.6 cm³/mol. The van der Waals surface area contributed by atoms with Gasteiger partial charge in [-0.2, -0.15) is 0 Å². The maximum Gasteiger partial charge on any atom is 0.237 e. The number of hydrogen-bond acceptors (Lipinski definition) is 3. The van der Waals surface area contributed by atoms with Gasteiger partial charge in [0.25, 0.3) is 0 Å². The molecular formula is C15H23N3O. The summed E-state index contributed by atoms with van der Waals surface area (Å²) in [6.45, 7) is 4.60. The van der Waals surface area contributed by atoms with Crippen molar-refractivity contribution in [2.24, 2.45) is 0 Å². The van der Waals surface area contributed by atoms with Gasteiger partial charge in [0, 0.05) is 18.8 Å². The number of amides is 1. The van der Waals surface area contributed by atoms with Crippen molar-refractivity contribution in [1.29, 1.82) is 0 Å². The predicted octanol–water partition coefficient (Wildman–Crippen LogP) is 1.76. The molecule has 19 heavy (non-hydrogen) atoms. The molecule has 1 aromatic carbocycles. The quantitative estimate of drug-likeness (QED) is 0.812. The Hall–Kier alpha value is -1.55. The second kappa shape index (κ2) is 6.57. The van der Waals surface area contributed by atoms with Gasteiger partial charge < -0.3 is 11.1 Å². The van der Waals surface area contributed by atoms with Crippen LogP contribution in [0.15, 0.2) is 24.3 Å². The van der Waals surface area contributed by atoms with Gasteiger partial charge in [0.1, 0.15) is 0 Å². The molecule has 1 amide bonds. The van der Waals surface area contributed by atoms with Crippen LogP contribution in [0.25, 0.3) is 0 Å². The van der Waals surface area contributed by atoms with Gasteiger partial charge in [-0.1, -0.05) is 19.1 Å². The van der Waals surface area contributed by atoms with Crippen molar-refractivity contribution < 1.29 is 4.79 Å². The Morgan fingerprint density at radius 3 is 2.74 bits per heavy atom. The average Bonchev–Trinajstić information content (AvgIpc) is 2.63. The number of nitrogens with one attached hydrogen (secondary N) is 1. The Labute approximate surface area is 115 Å². The third-order valence-electron chi connectivity index (χ3n) is 3.72. The Bertz CT molecular complexity index is 416. The Balaban J connectivity index is 2.06. The molecule has 0 saturated carbocycles. The third kappa shape index (κ3) is 3.70. The fraction of sp³-hybridized carbons (Fsp3) is 0.533. The lowest BCUT2D eigenvalue weighted by atomic mass is 10.1. The minimum Gasteiger partial charge on any atom is -0.399 e.